The van der Waals surface area contributed by atoms with Crippen LogP contribution in [0.3, 0.4) is 0 Å². The molecule has 19 heavy (non-hydrogen) atoms. The van der Waals surface area contributed by atoms with E-state index in [2.05, 4.69) is 5.32 Å². The van der Waals surface area contributed by atoms with E-state index >= 15 is 0 Å². The highest BCUT2D eigenvalue weighted by Crippen LogP contribution is 2.26. The van der Waals surface area contributed by atoms with Crippen LogP contribution in [0.4, 0.5) is 5.69 Å². The van der Waals surface area contributed by atoms with Gasteiger partial charge in [0, 0.05) is 19.6 Å². The number of carbonyl (C=O) groups is 1. The summed E-state index contributed by atoms with van der Waals surface area (Å²) in [6.45, 7) is 0.888. The van der Waals surface area contributed by atoms with E-state index in [9.17, 15) is 9.90 Å². The lowest BCUT2D eigenvalue weighted by Gasteiger charge is -2.21. The van der Waals surface area contributed by atoms with E-state index in [-0.39, 0.29) is 19.1 Å². The topological polar surface area (TPSA) is 93.8 Å². The molecule has 4 N–H and O–H groups in total. The van der Waals surface area contributed by atoms with Crippen molar-refractivity contribution in [3.8, 4) is 5.75 Å². The zero-order valence-electron chi connectivity index (χ0n) is 10.8. The Labute approximate surface area is 111 Å². The van der Waals surface area contributed by atoms with Gasteiger partial charge in [0.05, 0.1) is 25.0 Å². The molecule has 1 aliphatic rings. The first-order valence-corrected chi connectivity index (χ1v) is 6.06. The smallest absolute Gasteiger partial charge is 0.255 e. The molecule has 1 aromatic carbocycles. The number of amides is 1. The van der Waals surface area contributed by atoms with Crippen LogP contribution in [0.25, 0.3) is 0 Å². The summed E-state index contributed by atoms with van der Waals surface area (Å²) < 4.78 is 10.2. The van der Waals surface area contributed by atoms with Gasteiger partial charge in [-0.15, -0.1) is 0 Å². The van der Waals surface area contributed by atoms with Crippen molar-refractivity contribution in [2.45, 2.75) is 12.0 Å². The summed E-state index contributed by atoms with van der Waals surface area (Å²) in [5.41, 5.74) is 5.51. The second-order valence-electron chi connectivity index (χ2n) is 4.64. The minimum Gasteiger partial charge on any atom is -0.494 e. The number of hydrogen-bond acceptors (Lipinski definition) is 5. The Bertz CT molecular complexity index is 470. The molecule has 0 saturated carbocycles. The Morgan fingerprint density at radius 1 is 1.63 bits per heavy atom. The molecule has 1 fully saturated rings. The van der Waals surface area contributed by atoms with Gasteiger partial charge in [0.2, 0.25) is 0 Å². The van der Waals surface area contributed by atoms with Gasteiger partial charge in [-0.25, -0.2) is 0 Å². The lowest BCUT2D eigenvalue weighted by Crippen LogP contribution is -2.43. The van der Waals surface area contributed by atoms with E-state index in [1.54, 1.807) is 18.2 Å². The molecule has 0 spiro atoms. The van der Waals surface area contributed by atoms with Gasteiger partial charge < -0.3 is 25.6 Å². The third kappa shape index (κ3) is 2.97. The second kappa shape index (κ2) is 5.46. The minimum absolute atomic E-state index is 0.143. The summed E-state index contributed by atoms with van der Waals surface area (Å²) in [7, 11) is 1.46. The Kier molecular flexibility index (Phi) is 3.92. The van der Waals surface area contributed by atoms with Crippen molar-refractivity contribution in [3.63, 3.8) is 0 Å². The van der Waals surface area contributed by atoms with Gasteiger partial charge in [-0.3, -0.25) is 4.79 Å². The molecular formula is C13H18N2O4. The lowest BCUT2D eigenvalue weighted by molar-refractivity contribution is 0.0264. The van der Waals surface area contributed by atoms with Crippen molar-refractivity contribution < 1.29 is 19.4 Å². The first kappa shape index (κ1) is 13.6. The molecule has 1 heterocycles. The number of nitrogen functional groups attached to an aromatic ring is 1. The molecule has 0 radical (unpaired) electrons. The minimum atomic E-state index is -0.983. The van der Waals surface area contributed by atoms with Crippen molar-refractivity contribution in [2.75, 3.05) is 32.6 Å². The summed E-state index contributed by atoms with van der Waals surface area (Å²) in [5, 5.41) is 12.8. The summed E-state index contributed by atoms with van der Waals surface area (Å²) in [4.78, 5) is 12.1. The Balaban J connectivity index is 2.06. The molecule has 0 bridgehead atoms. The van der Waals surface area contributed by atoms with Crippen molar-refractivity contribution in [2.24, 2.45) is 0 Å². The second-order valence-corrected chi connectivity index (χ2v) is 4.64. The lowest BCUT2D eigenvalue weighted by atomic mass is 10.0. The number of nitrogens with one attached hydrogen (secondary N) is 1. The predicted molar refractivity (Wildman–Crippen MR) is 70.1 cm³/mol. The fourth-order valence-electron chi connectivity index (χ4n) is 2.04. The Morgan fingerprint density at radius 3 is 3.05 bits per heavy atom. The summed E-state index contributed by atoms with van der Waals surface area (Å²) in [5.74, 6) is 0.0131. The Hall–Kier alpha value is -1.79. The van der Waals surface area contributed by atoms with Crippen molar-refractivity contribution in [3.05, 3.63) is 23.8 Å². The number of anilines is 1. The van der Waals surface area contributed by atoms with Gasteiger partial charge in [0.1, 0.15) is 5.60 Å². The summed E-state index contributed by atoms with van der Waals surface area (Å²) in [6, 6.07) is 4.97. The number of methoxy groups -OCH3 is 1. The van der Waals surface area contributed by atoms with Crippen LogP contribution in [0, 0.1) is 0 Å². The van der Waals surface area contributed by atoms with Crippen LogP contribution in [-0.4, -0.2) is 43.5 Å². The molecule has 6 heteroatoms. The van der Waals surface area contributed by atoms with Gasteiger partial charge in [-0.1, -0.05) is 6.07 Å². The number of para-hydroxylation sites is 1. The van der Waals surface area contributed by atoms with Gasteiger partial charge in [-0.05, 0) is 12.1 Å². The summed E-state index contributed by atoms with van der Waals surface area (Å²) >= 11 is 0. The largest absolute Gasteiger partial charge is 0.494 e. The molecule has 0 aromatic heterocycles. The van der Waals surface area contributed by atoms with Crippen LogP contribution in [0.15, 0.2) is 18.2 Å². The monoisotopic (exact) mass is 266 g/mol. The van der Waals surface area contributed by atoms with Gasteiger partial charge >= 0.3 is 0 Å². The SMILES string of the molecule is COc1c(N)cccc1C(=O)NCC1(O)CCOC1. The zero-order chi connectivity index (χ0) is 13.9. The van der Waals surface area contributed by atoms with Crippen LogP contribution in [0.1, 0.15) is 16.8 Å². The molecule has 0 aliphatic carbocycles. The molecule has 1 amide bonds. The maximum absolute atomic E-state index is 12.1. The molecule has 1 aliphatic heterocycles. The molecule has 1 atom stereocenters. The number of ether oxygens (including phenoxy) is 2. The van der Waals surface area contributed by atoms with Crippen LogP contribution in [0.2, 0.25) is 0 Å². The molecule has 1 unspecified atom stereocenters. The highest BCUT2D eigenvalue weighted by Gasteiger charge is 2.32. The Morgan fingerprint density at radius 2 is 2.42 bits per heavy atom. The number of nitrogens with two attached hydrogens (primary N) is 1. The van der Waals surface area contributed by atoms with E-state index in [4.69, 9.17) is 15.2 Å². The van der Waals surface area contributed by atoms with Crippen LogP contribution < -0.4 is 15.8 Å². The standard InChI is InChI=1S/C13H18N2O4/c1-18-11-9(3-2-4-10(11)14)12(16)15-7-13(17)5-6-19-8-13/h2-4,17H,5-8,14H2,1H3,(H,15,16). The fourth-order valence-corrected chi connectivity index (χ4v) is 2.04. The maximum atomic E-state index is 12.1. The number of carbonyl (C=O) groups excluding carboxylic acids is 1. The third-order valence-electron chi connectivity index (χ3n) is 3.15. The maximum Gasteiger partial charge on any atom is 0.255 e. The van der Waals surface area contributed by atoms with Gasteiger partial charge in [0.15, 0.2) is 5.75 Å². The summed E-state index contributed by atoms with van der Waals surface area (Å²) in [6.07, 6.45) is 0.515. The molecule has 1 aromatic rings. The van der Waals surface area contributed by atoms with Crippen molar-refractivity contribution in [1.29, 1.82) is 0 Å². The van der Waals surface area contributed by atoms with Gasteiger partial charge in [0.25, 0.3) is 5.91 Å². The van der Waals surface area contributed by atoms with Crippen LogP contribution in [0.5, 0.6) is 5.75 Å². The average molecular weight is 266 g/mol. The van der Waals surface area contributed by atoms with E-state index in [1.165, 1.54) is 7.11 Å². The van der Waals surface area contributed by atoms with E-state index in [0.717, 1.165) is 0 Å². The first-order chi connectivity index (χ1) is 9.06. The van der Waals surface area contributed by atoms with E-state index in [0.29, 0.717) is 30.0 Å². The van der Waals surface area contributed by atoms with E-state index in [1.807, 2.05) is 0 Å². The quantitative estimate of drug-likeness (QED) is 0.675. The molecular weight excluding hydrogens is 248 g/mol. The molecule has 1 saturated heterocycles. The number of aliphatic hydroxyl groups is 1. The first-order valence-electron chi connectivity index (χ1n) is 6.06. The molecule has 2 rings (SSSR count). The number of benzene rings is 1. The highest BCUT2D eigenvalue weighted by molar-refractivity contribution is 5.98. The predicted octanol–water partition coefficient (Wildman–Crippen LogP) is 0.159. The zero-order valence-corrected chi connectivity index (χ0v) is 10.8. The van der Waals surface area contributed by atoms with Crippen LogP contribution in [-0.2, 0) is 4.74 Å². The third-order valence-corrected chi connectivity index (χ3v) is 3.15. The fraction of sp³-hybridized carbons (Fsp3) is 0.462. The van der Waals surface area contributed by atoms with Gasteiger partial charge in [-0.2, -0.15) is 0 Å². The van der Waals surface area contributed by atoms with E-state index < -0.39 is 5.60 Å². The van der Waals surface area contributed by atoms with Crippen molar-refractivity contribution in [1.82, 2.24) is 5.32 Å². The molecule has 6 nitrogen and oxygen atoms in total. The van der Waals surface area contributed by atoms with Crippen LogP contribution >= 0.6 is 0 Å². The average Bonchev–Trinajstić information content (AvgIpc) is 2.83. The highest BCUT2D eigenvalue weighted by atomic mass is 16.5. The van der Waals surface area contributed by atoms with Crippen molar-refractivity contribution >= 4 is 11.6 Å². The number of rotatable bonds is 4. The molecule has 104 valence electrons. The number of hydrogen-bond donors (Lipinski definition) is 3. The normalized spacial score (nSPS) is 22.2.